The Morgan fingerprint density at radius 2 is 1.88 bits per heavy atom. The third kappa shape index (κ3) is 4.27. The van der Waals surface area contributed by atoms with Crippen LogP contribution < -0.4 is 10.2 Å². The van der Waals surface area contributed by atoms with E-state index in [0.29, 0.717) is 52.6 Å². The van der Waals surface area contributed by atoms with Crippen molar-refractivity contribution in [3.63, 3.8) is 0 Å². The van der Waals surface area contributed by atoms with Crippen LogP contribution in [0.3, 0.4) is 0 Å². The maximum Gasteiger partial charge on any atom is 0.261 e. The maximum absolute atomic E-state index is 15.1. The van der Waals surface area contributed by atoms with Crippen LogP contribution in [0.25, 0.3) is 22.4 Å². The van der Waals surface area contributed by atoms with Gasteiger partial charge in [0, 0.05) is 37.2 Å². The number of pyridine rings is 1. The van der Waals surface area contributed by atoms with Gasteiger partial charge in [0.05, 0.1) is 12.2 Å². The standard InChI is InChI=1S/C25H31F2N5O2/c1-4-16-12-19-14(2)20(25-28-15(3)31-34-25)24(30-23(19)22(27)21(16)26)32-9-7-17(8-10-32)29-18-6-5-11-33-13-18/h12,17-18,29H,4-11,13H2,1-3H3/t18-/m0/s1. The topological polar surface area (TPSA) is 76.3 Å². The van der Waals surface area contributed by atoms with Crippen molar-refractivity contribution in [1.82, 2.24) is 20.4 Å². The molecule has 2 fully saturated rings. The van der Waals surface area contributed by atoms with Crippen molar-refractivity contribution in [2.45, 2.75) is 65.0 Å². The van der Waals surface area contributed by atoms with Gasteiger partial charge in [-0.15, -0.1) is 0 Å². The zero-order chi connectivity index (χ0) is 23.8. The van der Waals surface area contributed by atoms with E-state index in [9.17, 15) is 4.39 Å². The summed E-state index contributed by atoms with van der Waals surface area (Å²) in [6.07, 6.45) is 4.45. The molecule has 0 aliphatic carbocycles. The fourth-order valence-electron chi connectivity index (χ4n) is 5.13. The number of nitrogens with zero attached hydrogens (tertiary/aromatic N) is 4. The van der Waals surface area contributed by atoms with Crippen molar-refractivity contribution >= 4 is 16.7 Å². The van der Waals surface area contributed by atoms with Gasteiger partial charge in [0.15, 0.2) is 17.5 Å². The van der Waals surface area contributed by atoms with Crippen LogP contribution in [0.4, 0.5) is 14.6 Å². The minimum atomic E-state index is -0.902. The van der Waals surface area contributed by atoms with Gasteiger partial charge in [-0.05, 0) is 63.1 Å². The Morgan fingerprint density at radius 3 is 2.53 bits per heavy atom. The molecule has 0 spiro atoms. The molecule has 0 bridgehead atoms. The van der Waals surface area contributed by atoms with Gasteiger partial charge in [0.25, 0.3) is 5.89 Å². The van der Waals surface area contributed by atoms with E-state index in [0.717, 1.165) is 57.6 Å². The number of ether oxygens (including phenoxy) is 1. The lowest BCUT2D eigenvalue weighted by Crippen LogP contribution is -2.48. The molecule has 2 saturated heterocycles. The summed E-state index contributed by atoms with van der Waals surface area (Å²) in [5, 5.41) is 8.25. The Kier molecular flexibility index (Phi) is 6.48. The molecule has 182 valence electrons. The lowest BCUT2D eigenvalue weighted by molar-refractivity contribution is 0.0650. The van der Waals surface area contributed by atoms with Crippen LogP contribution in [-0.4, -0.2) is 53.5 Å². The summed E-state index contributed by atoms with van der Waals surface area (Å²) >= 11 is 0. The van der Waals surface area contributed by atoms with Gasteiger partial charge >= 0.3 is 0 Å². The van der Waals surface area contributed by atoms with Gasteiger partial charge in [-0.1, -0.05) is 12.1 Å². The minimum absolute atomic E-state index is 0.0433. The molecular weight excluding hydrogens is 440 g/mol. The molecule has 1 aromatic carbocycles. The lowest BCUT2D eigenvalue weighted by Gasteiger charge is -2.36. The molecule has 9 heteroatoms. The van der Waals surface area contributed by atoms with Gasteiger partial charge in [-0.3, -0.25) is 0 Å². The van der Waals surface area contributed by atoms with Gasteiger partial charge in [-0.25, -0.2) is 13.8 Å². The highest BCUT2D eigenvalue weighted by Crippen LogP contribution is 2.38. The van der Waals surface area contributed by atoms with Gasteiger partial charge in [-0.2, -0.15) is 4.98 Å². The Hall–Kier alpha value is -2.65. The first-order valence-electron chi connectivity index (χ1n) is 12.2. The summed E-state index contributed by atoms with van der Waals surface area (Å²) in [5.74, 6) is -0.303. The van der Waals surface area contributed by atoms with E-state index in [2.05, 4.69) is 25.3 Å². The van der Waals surface area contributed by atoms with E-state index in [4.69, 9.17) is 9.26 Å². The largest absolute Gasteiger partial charge is 0.380 e. The van der Waals surface area contributed by atoms with E-state index in [1.54, 1.807) is 19.9 Å². The Balaban J connectivity index is 1.51. The first kappa shape index (κ1) is 23.1. The second-order valence-electron chi connectivity index (χ2n) is 9.34. The molecule has 0 radical (unpaired) electrons. The number of benzene rings is 1. The molecule has 2 aliphatic heterocycles. The molecule has 1 N–H and O–H groups in total. The number of aromatic nitrogens is 3. The average Bonchev–Trinajstić information content (AvgIpc) is 3.28. The van der Waals surface area contributed by atoms with Crippen LogP contribution in [0.1, 0.15) is 49.6 Å². The molecule has 34 heavy (non-hydrogen) atoms. The Labute approximate surface area is 197 Å². The zero-order valence-electron chi connectivity index (χ0n) is 20.0. The molecular formula is C25H31F2N5O2. The number of halogens is 2. The van der Waals surface area contributed by atoms with E-state index < -0.39 is 11.6 Å². The predicted octanol–water partition coefficient (Wildman–Crippen LogP) is 4.48. The molecule has 3 aromatic rings. The highest BCUT2D eigenvalue weighted by Gasteiger charge is 2.29. The van der Waals surface area contributed by atoms with Gasteiger partial charge in [0.2, 0.25) is 0 Å². The summed E-state index contributed by atoms with van der Waals surface area (Å²) in [6, 6.07) is 2.47. The Morgan fingerprint density at radius 1 is 1.09 bits per heavy atom. The molecule has 7 nitrogen and oxygen atoms in total. The molecule has 2 aromatic heterocycles. The predicted molar refractivity (Wildman–Crippen MR) is 126 cm³/mol. The van der Waals surface area contributed by atoms with E-state index >= 15 is 4.39 Å². The number of fused-ring (bicyclic) bond motifs is 1. The summed E-state index contributed by atoms with van der Waals surface area (Å²) < 4.78 is 40.9. The SMILES string of the molecule is CCc1cc2c(C)c(-c3nc(C)no3)c(N3CCC(N[C@H]4CCCOC4)CC3)nc2c(F)c1F. The first-order valence-corrected chi connectivity index (χ1v) is 12.2. The highest BCUT2D eigenvalue weighted by atomic mass is 19.2. The Bertz CT molecular complexity index is 1180. The summed E-state index contributed by atoms with van der Waals surface area (Å²) in [5.41, 5.74) is 1.82. The minimum Gasteiger partial charge on any atom is -0.380 e. The second kappa shape index (κ2) is 9.54. The van der Waals surface area contributed by atoms with Crippen LogP contribution in [0.2, 0.25) is 0 Å². The highest BCUT2D eigenvalue weighted by molar-refractivity contribution is 5.93. The number of aryl methyl sites for hydroxylation is 3. The fourth-order valence-corrected chi connectivity index (χ4v) is 5.13. The van der Waals surface area contributed by atoms with Crippen LogP contribution in [0.5, 0.6) is 0 Å². The second-order valence-corrected chi connectivity index (χ2v) is 9.34. The summed E-state index contributed by atoms with van der Waals surface area (Å²) in [7, 11) is 0. The smallest absolute Gasteiger partial charge is 0.261 e. The fraction of sp³-hybridized carbons (Fsp3) is 0.560. The monoisotopic (exact) mass is 471 g/mol. The first-order chi connectivity index (χ1) is 16.5. The van der Waals surface area contributed by atoms with Crippen molar-refractivity contribution < 1.29 is 18.0 Å². The number of anilines is 1. The summed E-state index contributed by atoms with van der Waals surface area (Å²) in [4.78, 5) is 11.2. The van der Waals surface area contributed by atoms with Crippen molar-refractivity contribution in [1.29, 1.82) is 0 Å². The van der Waals surface area contributed by atoms with Crippen molar-refractivity contribution in [2.75, 3.05) is 31.2 Å². The van der Waals surface area contributed by atoms with E-state index in [-0.39, 0.29) is 5.52 Å². The van der Waals surface area contributed by atoms with E-state index in [1.807, 2.05) is 6.92 Å². The van der Waals surface area contributed by atoms with Crippen LogP contribution >= 0.6 is 0 Å². The van der Waals surface area contributed by atoms with Crippen LogP contribution in [0, 0.1) is 25.5 Å². The molecule has 5 rings (SSSR count). The molecule has 2 aliphatic rings. The normalized spacial score (nSPS) is 19.8. The molecule has 0 amide bonds. The molecule has 0 saturated carbocycles. The average molecular weight is 472 g/mol. The molecule has 0 unspecified atom stereocenters. The number of piperidine rings is 1. The number of rotatable bonds is 5. The van der Waals surface area contributed by atoms with Gasteiger partial charge in [0.1, 0.15) is 11.3 Å². The number of hydrogen-bond donors (Lipinski definition) is 1. The van der Waals surface area contributed by atoms with E-state index in [1.165, 1.54) is 0 Å². The van der Waals surface area contributed by atoms with Crippen molar-refractivity contribution in [3.05, 3.63) is 34.7 Å². The molecule has 4 heterocycles. The van der Waals surface area contributed by atoms with Crippen molar-refractivity contribution in [3.8, 4) is 11.5 Å². The number of nitrogens with one attached hydrogen (secondary N) is 1. The third-order valence-electron chi connectivity index (χ3n) is 7.03. The quantitative estimate of drug-likeness (QED) is 0.588. The van der Waals surface area contributed by atoms with Crippen molar-refractivity contribution in [2.24, 2.45) is 0 Å². The number of hydrogen-bond acceptors (Lipinski definition) is 7. The van der Waals surface area contributed by atoms with Crippen LogP contribution in [0.15, 0.2) is 10.6 Å². The lowest BCUT2D eigenvalue weighted by atomic mass is 9.98. The maximum atomic E-state index is 15.1. The van der Waals surface area contributed by atoms with Crippen LogP contribution in [-0.2, 0) is 11.2 Å². The zero-order valence-corrected chi connectivity index (χ0v) is 20.0. The summed E-state index contributed by atoms with van der Waals surface area (Å²) in [6.45, 7) is 8.53. The molecule has 1 atom stereocenters. The third-order valence-corrected chi connectivity index (χ3v) is 7.03. The van der Waals surface area contributed by atoms with Gasteiger partial charge < -0.3 is 19.5 Å².